The topological polar surface area (TPSA) is 97.8 Å². The van der Waals surface area contributed by atoms with Crippen LogP contribution in [-0.4, -0.2) is 33.6 Å². The zero-order valence-corrected chi connectivity index (χ0v) is 15.2. The maximum Gasteiger partial charge on any atom is 0.412 e. The van der Waals surface area contributed by atoms with Crippen LogP contribution in [0.1, 0.15) is 47.2 Å². The summed E-state index contributed by atoms with van der Waals surface area (Å²) in [6.07, 6.45) is 0.852. The molecule has 140 valence electrons. The van der Waals surface area contributed by atoms with Crippen LogP contribution < -0.4 is 5.32 Å². The first-order chi connectivity index (χ1) is 12.7. The van der Waals surface area contributed by atoms with Crippen molar-refractivity contribution in [1.82, 2.24) is 10.0 Å². The number of aromatic nitrogens is 1. The number of nitrogens with zero attached hydrogens (tertiary/aromatic N) is 2. The highest BCUT2D eigenvalue weighted by Crippen LogP contribution is 2.23. The molecule has 0 radical (unpaired) electrons. The number of hydrogen-bond donors (Lipinski definition) is 1. The Labute approximate surface area is 156 Å². The summed E-state index contributed by atoms with van der Waals surface area (Å²) in [6.45, 7) is 5.23. The van der Waals surface area contributed by atoms with Gasteiger partial charge < -0.3 is 4.74 Å². The lowest BCUT2D eigenvalue weighted by molar-refractivity contribution is -0.102. The van der Waals surface area contributed by atoms with E-state index in [1.165, 1.54) is 6.20 Å². The Hall–Kier alpha value is -3.26. The third kappa shape index (κ3) is 4.29. The standard InChI is InChI=1S/C19H19N3O5/c1-19(2,3)27-18(25)21-12-8-9-13(20-10-12)11-26-22-16(23)14-6-4-5-7-15(14)17(22)24/h4-10H,11H2,1-3H3,(H,21,25). The fraction of sp³-hybridized carbons (Fsp3) is 0.263. The number of benzene rings is 1. The number of anilines is 1. The van der Waals surface area contributed by atoms with Gasteiger partial charge in [0, 0.05) is 0 Å². The number of pyridine rings is 1. The molecule has 27 heavy (non-hydrogen) atoms. The van der Waals surface area contributed by atoms with E-state index in [0.717, 1.165) is 5.06 Å². The maximum absolute atomic E-state index is 12.2. The molecule has 0 atom stereocenters. The molecule has 2 heterocycles. The zero-order valence-electron chi connectivity index (χ0n) is 15.2. The fourth-order valence-corrected chi connectivity index (χ4v) is 2.42. The first-order valence-electron chi connectivity index (χ1n) is 8.30. The monoisotopic (exact) mass is 369 g/mol. The van der Waals surface area contributed by atoms with Crippen molar-refractivity contribution in [2.45, 2.75) is 33.0 Å². The molecule has 1 aromatic carbocycles. The summed E-state index contributed by atoms with van der Waals surface area (Å²) in [4.78, 5) is 45.6. The van der Waals surface area contributed by atoms with E-state index >= 15 is 0 Å². The normalized spacial score (nSPS) is 13.5. The minimum absolute atomic E-state index is 0.0712. The summed E-state index contributed by atoms with van der Waals surface area (Å²) < 4.78 is 5.16. The van der Waals surface area contributed by atoms with Gasteiger partial charge in [-0.25, -0.2) is 4.79 Å². The molecule has 1 aliphatic rings. The Morgan fingerprint density at radius 2 is 1.70 bits per heavy atom. The van der Waals surface area contributed by atoms with Crippen LogP contribution in [0, 0.1) is 0 Å². The maximum atomic E-state index is 12.2. The molecule has 1 aromatic heterocycles. The molecular weight excluding hydrogens is 350 g/mol. The average Bonchev–Trinajstić information content (AvgIpc) is 2.84. The molecule has 0 saturated heterocycles. The fourth-order valence-electron chi connectivity index (χ4n) is 2.42. The lowest BCUT2D eigenvalue weighted by Crippen LogP contribution is -2.29. The van der Waals surface area contributed by atoms with E-state index in [0.29, 0.717) is 22.5 Å². The Morgan fingerprint density at radius 1 is 1.07 bits per heavy atom. The molecule has 0 aliphatic carbocycles. The predicted molar refractivity (Wildman–Crippen MR) is 95.8 cm³/mol. The summed E-state index contributed by atoms with van der Waals surface area (Å²) in [5.41, 5.74) is 0.965. The van der Waals surface area contributed by atoms with Gasteiger partial charge in [0.15, 0.2) is 0 Å². The van der Waals surface area contributed by atoms with E-state index in [-0.39, 0.29) is 6.61 Å². The van der Waals surface area contributed by atoms with Gasteiger partial charge >= 0.3 is 6.09 Å². The number of fused-ring (bicyclic) bond motifs is 1. The van der Waals surface area contributed by atoms with Gasteiger partial charge in [0.25, 0.3) is 11.8 Å². The molecule has 8 heteroatoms. The molecule has 0 saturated carbocycles. The quantitative estimate of drug-likeness (QED) is 0.832. The van der Waals surface area contributed by atoms with Gasteiger partial charge in [-0.1, -0.05) is 12.1 Å². The van der Waals surface area contributed by atoms with Crippen molar-refractivity contribution < 1.29 is 24.0 Å². The SMILES string of the molecule is CC(C)(C)OC(=O)Nc1ccc(CON2C(=O)c3ccccc3C2=O)nc1. The minimum Gasteiger partial charge on any atom is -0.444 e. The van der Waals surface area contributed by atoms with E-state index in [1.807, 2.05) is 0 Å². The highest BCUT2D eigenvalue weighted by Gasteiger charge is 2.36. The molecule has 0 bridgehead atoms. The van der Waals surface area contributed by atoms with Crippen LogP contribution in [0.3, 0.4) is 0 Å². The van der Waals surface area contributed by atoms with Crippen molar-refractivity contribution in [3.8, 4) is 0 Å². The van der Waals surface area contributed by atoms with E-state index in [2.05, 4.69) is 10.3 Å². The van der Waals surface area contributed by atoms with Gasteiger partial charge in [0.1, 0.15) is 12.2 Å². The largest absolute Gasteiger partial charge is 0.444 e. The summed E-state index contributed by atoms with van der Waals surface area (Å²) in [6, 6.07) is 9.77. The molecule has 0 fully saturated rings. The van der Waals surface area contributed by atoms with Crippen LogP contribution >= 0.6 is 0 Å². The second kappa shape index (κ2) is 7.16. The van der Waals surface area contributed by atoms with Crippen LogP contribution in [0.5, 0.6) is 0 Å². The number of carbonyl (C=O) groups is 3. The number of nitrogens with one attached hydrogen (secondary N) is 1. The number of carbonyl (C=O) groups excluding carboxylic acids is 3. The van der Waals surface area contributed by atoms with Crippen LogP contribution in [0.25, 0.3) is 0 Å². The Bertz CT molecular complexity index is 852. The Balaban J connectivity index is 1.58. The van der Waals surface area contributed by atoms with Crippen LogP contribution in [0.2, 0.25) is 0 Å². The lowest BCUT2D eigenvalue weighted by atomic mass is 10.1. The number of hydrogen-bond acceptors (Lipinski definition) is 6. The van der Waals surface area contributed by atoms with Gasteiger partial charge in [0.2, 0.25) is 0 Å². The summed E-state index contributed by atoms with van der Waals surface area (Å²) in [5, 5.41) is 3.30. The van der Waals surface area contributed by atoms with Crippen molar-refractivity contribution >= 4 is 23.6 Å². The van der Waals surface area contributed by atoms with Gasteiger partial charge in [-0.15, -0.1) is 5.06 Å². The van der Waals surface area contributed by atoms with Crippen LogP contribution in [0.4, 0.5) is 10.5 Å². The van der Waals surface area contributed by atoms with Crippen molar-refractivity contribution in [1.29, 1.82) is 0 Å². The zero-order chi connectivity index (χ0) is 19.6. The minimum atomic E-state index is -0.600. The molecule has 0 spiro atoms. The highest BCUT2D eigenvalue weighted by molar-refractivity contribution is 6.20. The number of amides is 3. The Kier molecular flexibility index (Phi) is 4.91. The Morgan fingerprint density at radius 3 is 2.22 bits per heavy atom. The van der Waals surface area contributed by atoms with Gasteiger partial charge in [-0.05, 0) is 45.0 Å². The van der Waals surface area contributed by atoms with Gasteiger partial charge in [0.05, 0.1) is 28.7 Å². The summed E-state index contributed by atoms with van der Waals surface area (Å²) >= 11 is 0. The van der Waals surface area contributed by atoms with E-state index in [1.54, 1.807) is 57.2 Å². The van der Waals surface area contributed by atoms with Crippen molar-refractivity contribution in [2.24, 2.45) is 0 Å². The summed E-state index contributed by atoms with van der Waals surface area (Å²) in [7, 11) is 0. The molecule has 0 unspecified atom stereocenters. The van der Waals surface area contributed by atoms with Crippen molar-refractivity contribution in [3.05, 3.63) is 59.4 Å². The van der Waals surface area contributed by atoms with Crippen molar-refractivity contribution in [3.63, 3.8) is 0 Å². The number of hydroxylamine groups is 2. The van der Waals surface area contributed by atoms with E-state index in [4.69, 9.17) is 9.57 Å². The van der Waals surface area contributed by atoms with Gasteiger partial charge in [-0.3, -0.25) is 24.7 Å². The number of rotatable bonds is 4. The van der Waals surface area contributed by atoms with Crippen molar-refractivity contribution in [2.75, 3.05) is 5.32 Å². The van der Waals surface area contributed by atoms with Crippen LogP contribution in [0.15, 0.2) is 42.6 Å². The molecule has 1 N–H and O–H groups in total. The molecule has 2 aromatic rings. The summed E-state index contributed by atoms with van der Waals surface area (Å²) in [5.74, 6) is -1.00. The third-order valence-electron chi connectivity index (χ3n) is 3.57. The number of ether oxygens (including phenoxy) is 1. The smallest absolute Gasteiger partial charge is 0.412 e. The molecule has 3 amide bonds. The second-order valence-electron chi connectivity index (χ2n) is 6.89. The molecular formula is C19H19N3O5. The highest BCUT2D eigenvalue weighted by atomic mass is 16.7. The second-order valence-corrected chi connectivity index (χ2v) is 6.89. The molecule has 3 rings (SSSR count). The lowest BCUT2D eigenvalue weighted by Gasteiger charge is -2.19. The molecule has 8 nitrogen and oxygen atoms in total. The van der Waals surface area contributed by atoms with E-state index < -0.39 is 23.5 Å². The first kappa shape index (κ1) is 18.5. The number of imide groups is 1. The average molecular weight is 369 g/mol. The van der Waals surface area contributed by atoms with Crippen LogP contribution in [-0.2, 0) is 16.2 Å². The first-order valence-corrected chi connectivity index (χ1v) is 8.30. The third-order valence-corrected chi connectivity index (χ3v) is 3.57. The molecule has 1 aliphatic heterocycles. The van der Waals surface area contributed by atoms with Gasteiger partial charge in [-0.2, -0.15) is 0 Å². The van der Waals surface area contributed by atoms with E-state index in [9.17, 15) is 14.4 Å². The predicted octanol–water partition coefficient (Wildman–Crippen LogP) is 3.16.